The van der Waals surface area contributed by atoms with Crippen LogP contribution in [-0.4, -0.2) is 18.4 Å². The van der Waals surface area contributed by atoms with E-state index in [2.05, 4.69) is 5.32 Å². The molecular formula is C16H13Cl3N2O2. The Kier molecular flexibility index (Phi) is 5.88. The third kappa shape index (κ3) is 4.61. The molecule has 0 bridgehead atoms. The van der Waals surface area contributed by atoms with Gasteiger partial charge in [0.25, 0.3) is 0 Å². The molecule has 4 nitrogen and oxygen atoms in total. The highest BCUT2D eigenvalue weighted by molar-refractivity contribution is 6.42. The van der Waals surface area contributed by atoms with Crippen LogP contribution in [0.4, 0.5) is 11.4 Å². The zero-order valence-electron chi connectivity index (χ0n) is 12.1. The number of para-hydroxylation sites is 1. The van der Waals surface area contributed by atoms with Gasteiger partial charge in [0.15, 0.2) is 0 Å². The number of anilines is 2. The molecule has 0 aliphatic heterocycles. The fourth-order valence-electron chi connectivity index (χ4n) is 1.93. The summed E-state index contributed by atoms with van der Waals surface area (Å²) in [6.07, 6.45) is 0. The van der Waals surface area contributed by atoms with Crippen LogP contribution in [0, 0.1) is 0 Å². The molecule has 0 aliphatic carbocycles. The summed E-state index contributed by atoms with van der Waals surface area (Å²) in [7, 11) is 0. The van der Waals surface area contributed by atoms with Gasteiger partial charge in [-0.25, -0.2) is 0 Å². The average Bonchev–Trinajstić information content (AvgIpc) is 2.50. The van der Waals surface area contributed by atoms with Crippen molar-refractivity contribution in [3.63, 3.8) is 0 Å². The lowest BCUT2D eigenvalue weighted by Gasteiger charge is -2.21. The fraction of sp³-hybridized carbons (Fsp3) is 0.125. The van der Waals surface area contributed by atoms with Crippen molar-refractivity contribution in [3.8, 4) is 0 Å². The Morgan fingerprint density at radius 1 is 1.00 bits per heavy atom. The van der Waals surface area contributed by atoms with E-state index < -0.39 is 0 Å². The number of carbonyl (C=O) groups is 2. The summed E-state index contributed by atoms with van der Waals surface area (Å²) >= 11 is 17.8. The van der Waals surface area contributed by atoms with Crippen molar-refractivity contribution in [2.24, 2.45) is 0 Å². The first kappa shape index (κ1) is 17.6. The number of nitrogens with one attached hydrogen (secondary N) is 1. The van der Waals surface area contributed by atoms with Crippen molar-refractivity contribution >= 4 is 58.0 Å². The lowest BCUT2D eigenvalue weighted by molar-refractivity contribution is -0.120. The Bertz CT molecular complexity index is 750. The molecule has 0 aromatic heterocycles. The van der Waals surface area contributed by atoms with Gasteiger partial charge in [0.1, 0.15) is 6.54 Å². The van der Waals surface area contributed by atoms with Crippen LogP contribution in [0.25, 0.3) is 0 Å². The maximum absolute atomic E-state index is 12.2. The standard InChI is InChI=1S/C16H13Cl3N2O2/c1-10(22)21(11-6-7-12(17)14(19)8-11)9-16(23)20-15-5-3-2-4-13(15)18/h2-8H,9H2,1H3,(H,20,23). The van der Waals surface area contributed by atoms with E-state index in [9.17, 15) is 9.59 Å². The normalized spacial score (nSPS) is 10.3. The van der Waals surface area contributed by atoms with Crippen molar-refractivity contribution < 1.29 is 9.59 Å². The van der Waals surface area contributed by atoms with Crippen molar-refractivity contribution in [1.29, 1.82) is 0 Å². The maximum Gasteiger partial charge on any atom is 0.244 e. The summed E-state index contributed by atoms with van der Waals surface area (Å²) in [5, 5.41) is 3.77. The zero-order chi connectivity index (χ0) is 17.0. The van der Waals surface area contributed by atoms with Gasteiger partial charge in [-0.1, -0.05) is 46.9 Å². The summed E-state index contributed by atoms with van der Waals surface area (Å²) < 4.78 is 0. The minimum atomic E-state index is -0.376. The number of hydrogen-bond donors (Lipinski definition) is 1. The van der Waals surface area contributed by atoms with Gasteiger partial charge < -0.3 is 10.2 Å². The topological polar surface area (TPSA) is 49.4 Å². The Hall–Kier alpha value is -1.75. The number of hydrogen-bond acceptors (Lipinski definition) is 2. The second-order valence-corrected chi connectivity index (χ2v) is 5.95. The molecule has 2 aromatic rings. The third-order valence-electron chi connectivity index (χ3n) is 3.04. The zero-order valence-corrected chi connectivity index (χ0v) is 14.4. The molecule has 0 aliphatic rings. The largest absolute Gasteiger partial charge is 0.323 e. The Morgan fingerprint density at radius 3 is 2.30 bits per heavy atom. The number of rotatable bonds is 4. The third-order valence-corrected chi connectivity index (χ3v) is 4.11. The maximum atomic E-state index is 12.2. The van der Waals surface area contributed by atoms with Gasteiger partial charge in [-0.2, -0.15) is 0 Å². The predicted molar refractivity (Wildman–Crippen MR) is 94.6 cm³/mol. The van der Waals surface area contributed by atoms with Crippen molar-refractivity contribution in [2.75, 3.05) is 16.8 Å². The highest BCUT2D eigenvalue weighted by Crippen LogP contribution is 2.27. The molecule has 0 radical (unpaired) electrons. The van der Waals surface area contributed by atoms with Gasteiger partial charge >= 0.3 is 0 Å². The summed E-state index contributed by atoms with van der Waals surface area (Å²) in [6.45, 7) is 1.20. The summed E-state index contributed by atoms with van der Waals surface area (Å²) in [4.78, 5) is 25.3. The van der Waals surface area contributed by atoms with Crippen LogP contribution < -0.4 is 10.2 Å². The fourth-order valence-corrected chi connectivity index (χ4v) is 2.41. The lowest BCUT2D eigenvalue weighted by atomic mass is 10.2. The molecule has 0 spiro atoms. The van der Waals surface area contributed by atoms with Crippen LogP contribution >= 0.6 is 34.8 Å². The smallest absolute Gasteiger partial charge is 0.244 e. The van der Waals surface area contributed by atoms with Crippen LogP contribution in [0.5, 0.6) is 0 Å². The van der Waals surface area contributed by atoms with Gasteiger partial charge in [0.05, 0.1) is 20.8 Å². The molecule has 7 heteroatoms. The van der Waals surface area contributed by atoms with E-state index in [-0.39, 0.29) is 18.4 Å². The van der Waals surface area contributed by atoms with Crippen molar-refractivity contribution in [3.05, 3.63) is 57.5 Å². The second-order valence-electron chi connectivity index (χ2n) is 4.73. The van der Waals surface area contributed by atoms with E-state index in [1.807, 2.05) is 0 Å². The van der Waals surface area contributed by atoms with Crippen LogP contribution in [0.2, 0.25) is 15.1 Å². The van der Waals surface area contributed by atoms with Gasteiger partial charge in [0, 0.05) is 12.6 Å². The monoisotopic (exact) mass is 370 g/mol. The van der Waals surface area contributed by atoms with Crippen molar-refractivity contribution in [1.82, 2.24) is 0 Å². The molecule has 120 valence electrons. The van der Waals surface area contributed by atoms with Crippen molar-refractivity contribution in [2.45, 2.75) is 6.92 Å². The average molecular weight is 372 g/mol. The van der Waals surface area contributed by atoms with Gasteiger partial charge in [-0.05, 0) is 30.3 Å². The first-order chi connectivity index (χ1) is 10.9. The SMILES string of the molecule is CC(=O)N(CC(=O)Nc1ccccc1Cl)c1ccc(Cl)c(Cl)c1. The second kappa shape index (κ2) is 7.68. The van der Waals surface area contributed by atoms with E-state index in [1.54, 1.807) is 36.4 Å². The Balaban J connectivity index is 2.16. The minimum Gasteiger partial charge on any atom is -0.323 e. The molecule has 0 unspecified atom stereocenters. The molecule has 0 saturated carbocycles. The summed E-state index contributed by atoms with van der Waals surface area (Å²) in [5.41, 5.74) is 0.970. The number of amides is 2. The highest BCUT2D eigenvalue weighted by atomic mass is 35.5. The number of carbonyl (C=O) groups excluding carboxylic acids is 2. The molecule has 0 fully saturated rings. The van der Waals surface area contributed by atoms with E-state index in [0.717, 1.165) is 0 Å². The van der Waals surface area contributed by atoms with Gasteiger partial charge in [-0.15, -0.1) is 0 Å². The van der Waals surface area contributed by atoms with Crippen LogP contribution in [0.15, 0.2) is 42.5 Å². The lowest BCUT2D eigenvalue weighted by Crippen LogP contribution is -2.36. The number of halogens is 3. The van der Waals surface area contributed by atoms with E-state index in [4.69, 9.17) is 34.8 Å². The summed E-state index contributed by atoms with van der Waals surface area (Å²) in [5.74, 6) is -0.669. The quantitative estimate of drug-likeness (QED) is 0.851. The molecule has 23 heavy (non-hydrogen) atoms. The predicted octanol–water partition coefficient (Wildman–Crippen LogP) is 4.64. The van der Waals surface area contributed by atoms with E-state index in [0.29, 0.717) is 26.4 Å². The first-order valence-corrected chi connectivity index (χ1v) is 7.79. The molecular weight excluding hydrogens is 359 g/mol. The Morgan fingerprint density at radius 2 is 1.70 bits per heavy atom. The van der Waals surface area contributed by atoms with Crippen LogP contribution in [-0.2, 0) is 9.59 Å². The molecule has 0 heterocycles. The summed E-state index contributed by atoms with van der Waals surface area (Å²) in [6, 6.07) is 11.6. The molecule has 2 amide bonds. The Labute approximate surface area is 148 Å². The minimum absolute atomic E-state index is 0.168. The first-order valence-electron chi connectivity index (χ1n) is 6.66. The van der Waals surface area contributed by atoms with Gasteiger partial charge in [-0.3, -0.25) is 9.59 Å². The molecule has 2 rings (SSSR count). The highest BCUT2D eigenvalue weighted by Gasteiger charge is 2.17. The molecule has 2 aromatic carbocycles. The number of benzene rings is 2. The van der Waals surface area contributed by atoms with Crippen LogP contribution in [0.3, 0.4) is 0 Å². The molecule has 0 atom stereocenters. The molecule has 1 N–H and O–H groups in total. The number of nitrogens with zero attached hydrogens (tertiary/aromatic N) is 1. The molecule has 0 saturated heterocycles. The van der Waals surface area contributed by atoms with E-state index >= 15 is 0 Å². The van der Waals surface area contributed by atoms with Crippen LogP contribution in [0.1, 0.15) is 6.92 Å². The van der Waals surface area contributed by atoms with Gasteiger partial charge in [0.2, 0.25) is 11.8 Å². The van der Waals surface area contributed by atoms with E-state index in [1.165, 1.54) is 17.9 Å².